The zero-order chi connectivity index (χ0) is 24.1. The van der Waals surface area contributed by atoms with Crippen LogP contribution in [0.25, 0.3) is 0 Å². The Morgan fingerprint density at radius 1 is 0.727 bits per heavy atom. The van der Waals surface area contributed by atoms with E-state index in [2.05, 4.69) is 4.74 Å². The summed E-state index contributed by atoms with van der Waals surface area (Å²) in [4.78, 5) is 1.37. The molecule has 3 aromatic carbocycles. The maximum atomic E-state index is 13.1. The summed E-state index contributed by atoms with van der Waals surface area (Å²) < 4.78 is 98.8. The van der Waals surface area contributed by atoms with Crippen LogP contribution in [0.5, 0.6) is 17.2 Å². The van der Waals surface area contributed by atoms with Crippen LogP contribution in [0.15, 0.2) is 72.8 Å². The van der Waals surface area contributed by atoms with Crippen molar-refractivity contribution in [3.8, 4) is 17.2 Å². The molecular weight excluding hydrogens is 455 g/mol. The SMILES string of the molecule is Fc1ccc(Oc2cccc(N(CCC(F)(F)F)Cc3cccc(OC(F)(F)F)c3)c2)cc1. The second kappa shape index (κ2) is 10.0. The van der Waals surface area contributed by atoms with Crippen molar-refractivity contribution in [1.82, 2.24) is 0 Å². The van der Waals surface area contributed by atoms with E-state index in [1.54, 1.807) is 18.2 Å². The van der Waals surface area contributed by atoms with Crippen molar-refractivity contribution in [3.05, 3.63) is 84.2 Å². The molecule has 0 radical (unpaired) electrons. The van der Waals surface area contributed by atoms with Crippen LogP contribution >= 0.6 is 0 Å². The molecule has 0 bridgehead atoms. The smallest absolute Gasteiger partial charge is 0.457 e. The van der Waals surface area contributed by atoms with E-state index >= 15 is 0 Å². The fraction of sp³-hybridized carbons (Fsp3) is 0.217. The minimum atomic E-state index is -4.89. The van der Waals surface area contributed by atoms with E-state index in [0.29, 0.717) is 22.7 Å². The van der Waals surface area contributed by atoms with Crippen LogP contribution in [-0.2, 0) is 6.54 Å². The summed E-state index contributed by atoms with van der Waals surface area (Å²) >= 11 is 0. The predicted molar refractivity (Wildman–Crippen MR) is 108 cm³/mol. The molecule has 0 aliphatic carbocycles. The van der Waals surface area contributed by atoms with Crippen molar-refractivity contribution in [2.24, 2.45) is 0 Å². The van der Waals surface area contributed by atoms with E-state index in [0.717, 1.165) is 12.1 Å². The van der Waals surface area contributed by atoms with E-state index < -0.39 is 37.1 Å². The fourth-order valence-electron chi connectivity index (χ4n) is 3.00. The topological polar surface area (TPSA) is 21.7 Å². The molecule has 0 aliphatic heterocycles. The quantitative estimate of drug-likeness (QED) is 0.317. The summed E-state index contributed by atoms with van der Waals surface area (Å²) in [6.07, 6.45) is -10.4. The molecule has 0 heterocycles. The van der Waals surface area contributed by atoms with Gasteiger partial charge in [0.05, 0.1) is 6.42 Å². The van der Waals surface area contributed by atoms with E-state index in [1.165, 1.54) is 47.4 Å². The highest BCUT2D eigenvalue weighted by atomic mass is 19.4. The summed E-state index contributed by atoms with van der Waals surface area (Å²) in [7, 11) is 0. The second-order valence-corrected chi connectivity index (χ2v) is 7.04. The largest absolute Gasteiger partial charge is 0.573 e. The summed E-state index contributed by atoms with van der Waals surface area (Å²) in [6, 6.07) is 16.4. The van der Waals surface area contributed by atoms with Crippen LogP contribution in [0.3, 0.4) is 0 Å². The summed E-state index contributed by atoms with van der Waals surface area (Å²) in [5.74, 6) is -0.298. The molecule has 0 N–H and O–H groups in total. The van der Waals surface area contributed by atoms with Gasteiger partial charge in [0, 0.05) is 24.8 Å². The maximum Gasteiger partial charge on any atom is 0.573 e. The maximum absolute atomic E-state index is 13.1. The number of hydrogen-bond acceptors (Lipinski definition) is 3. The third kappa shape index (κ3) is 8.21. The van der Waals surface area contributed by atoms with Crippen LogP contribution in [0.2, 0.25) is 0 Å². The molecule has 0 unspecified atom stereocenters. The molecular formula is C23H18F7NO2. The summed E-state index contributed by atoms with van der Waals surface area (Å²) in [5.41, 5.74) is 0.685. The standard InChI is InChI=1S/C23H18F7NO2/c24-17-7-9-19(10-8-17)32-20-5-2-4-18(14-20)31(12-11-22(25,26)27)15-16-3-1-6-21(13-16)33-23(28,29)30/h1-10,13-14H,11-12,15H2. The zero-order valence-electron chi connectivity index (χ0n) is 17.0. The van der Waals surface area contributed by atoms with E-state index in [4.69, 9.17) is 4.74 Å². The van der Waals surface area contributed by atoms with Crippen LogP contribution in [0.1, 0.15) is 12.0 Å². The Labute approximate surface area is 185 Å². The van der Waals surface area contributed by atoms with Gasteiger partial charge in [-0.25, -0.2) is 4.39 Å². The van der Waals surface area contributed by atoms with Gasteiger partial charge < -0.3 is 14.4 Å². The lowest BCUT2D eigenvalue weighted by Crippen LogP contribution is -2.27. The summed E-state index contributed by atoms with van der Waals surface area (Å²) in [5, 5.41) is 0. The van der Waals surface area contributed by atoms with Crippen LogP contribution < -0.4 is 14.4 Å². The lowest BCUT2D eigenvalue weighted by molar-refractivity contribution is -0.274. The molecule has 33 heavy (non-hydrogen) atoms. The highest BCUT2D eigenvalue weighted by Crippen LogP contribution is 2.30. The monoisotopic (exact) mass is 473 g/mol. The normalized spacial score (nSPS) is 11.8. The Balaban J connectivity index is 1.83. The number of hydrogen-bond donors (Lipinski definition) is 0. The van der Waals surface area contributed by atoms with Gasteiger partial charge in [-0.1, -0.05) is 18.2 Å². The Bertz CT molecular complexity index is 1050. The third-order valence-electron chi connectivity index (χ3n) is 4.40. The highest BCUT2D eigenvalue weighted by molar-refractivity contribution is 5.52. The number of benzene rings is 3. The minimum absolute atomic E-state index is 0.106. The molecule has 0 fully saturated rings. The van der Waals surface area contributed by atoms with Gasteiger partial charge in [0.2, 0.25) is 0 Å². The molecule has 10 heteroatoms. The predicted octanol–water partition coefficient (Wildman–Crippen LogP) is 7.48. The van der Waals surface area contributed by atoms with Gasteiger partial charge in [0.15, 0.2) is 0 Å². The van der Waals surface area contributed by atoms with E-state index in [9.17, 15) is 30.7 Å². The number of rotatable bonds is 8. The van der Waals surface area contributed by atoms with Gasteiger partial charge in [-0.05, 0) is 54.1 Å². The molecule has 0 aromatic heterocycles. The first-order valence-electron chi connectivity index (χ1n) is 9.67. The Hall–Kier alpha value is -3.43. The number of anilines is 1. The number of nitrogens with zero attached hydrogens (tertiary/aromatic N) is 1. The van der Waals surface area contributed by atoms with Crippen molar-refractivity contribution in [2.75, 3.05) is 11.4 Å². The molecule has 0 amide bonds. The van der Waals surface area contributed by atoms with Crippen molar-refractivity contribution >= 4 is 5.69 Å². The lowest BCUT2D eigenvalue weighted by atomic mass is 10.1. The Morgan fingerprint density at radius 3 is 2.06 bits per heavy atom. The van der Waals surface area contributed by atoms with Gasteiger partial charge >= 0.3 is 12.5 Å². The summed E-state index contributed by atoms with van der Waals surface area (Å²) in [6.45, 7) is -0.543. The molecule has 0 saturated heterocycles. The molecule has 0 atom stereocenters. The molecule has 3 aromatic rings. The molecule has 176 valence electrons. The Morgan fingerprint density at radius 2 is 1.39 bits per heavy atom. The number of alkyl halides is 6. The van der Waals surface area contributed by atoms with Gasteiger partial charge in [0.1, 0.15) is 23.1 Å². The van der Waals surface area contributed by atoms with Crippen LogP contribution in [0.4, 0.5) is 36.4 Å². The highest BCUT2D eigenvalue weighted by Gasteiger charge is 2.31. The first-order chi connectivity index (χ1) is 15.5. The molecule has 0 aliphatic rings. The molecule has 0 saturated carbocycles. The Kier molecular flexibility index (Phi) is 7.35. The van der Waals surface area contributed by atoms with Crippen LogP contribution in [0, 0.1) is 5.82 Å². The van der Waals surface area contributed by atoms with Gasteiger partial charge in [0.25, 0.3) is 0 Å². The van der Waals surface area contributed by atoms with E-state index in [-0.39, 0.29) is 6.54 Å². The first kappa shape index (κ1) is 24.2. The average molecular weight is 473 g/mol. The fourth-order valence-corrected chi connectivity index (χ4v) is 3.00. The zero-order valence-corrected chi connectivity index (χ0v) is 17.0. The van der Waals surface area contributed by atoms with Gasteiger partial charge in [-0.15, -0.1) is 13.2 Å². The van der Waals surface area contributed by atoms with Crippen molar-refractivity contribution in [2.45, 2.75) is 25.5 Å². The van der Waals surface area contributed by atoms with Gasteiger partial charge in [-0.2, -0.15) is 13.2 Å². The first-order valence-corrected chi connectivity index (χ1v) is 9.67. The minimum Gasteiger partial charge on any atom is -0.457 e. The molecule has 3 rings (SSSR count). The van der Waals surface area contributed by atoms with Crippen molar-refractivity contribution in [3.63, 3.8) is 0 Å². The van der Waals surface area contributed by atoms with Crippen molar-refractivity contribution < 1.29 is 40.2 Å². The number of ether oxygens (including phenoxy) is 2. The van der Waals surface area contributed by atoms with Gasteiger partial charge in [-0.3, -0.25) is 0 Å². The number of halogens is 7. The van der Waals surface area contributed by atoms with Crippen LogP contribution in [-0.4, -0.2) is 19.1 Å². The third-order valence-corrected chi connectivity index (χ3v) is 4.40. The molecule has 3 nitrogen and oxygen atoms in total. The average Bonchev–Trinajstić information content (AvgIpc) is 2.71. The lowest BCUT2D eigenvalue weighted by Gasteiger charge is -2.26. The van der Waals surface area contributed by atoms with E-state index in [1.807, 2.05) is 0 Å². The molecule has 0 spiro atoms. The second-order valence-electron chi connectivity index (χ2n) is 7.04. The van der Waals surface area contributed by atoms with Crippen molar-refractivity contribution in [1.29, 1.82) is 0 Å².